The molecule has 14 heteroatoms. The third kappa shape index (κ3) is 13.3. The first-order valence-corrected chi connectivity index (χ1v) is 29.8. The molecule has 0 saturated heterocycles. The van der Waals surface area contributed by atoms with Gasteiger partial charge in [0.25, 0.3) is 0 Å². The summed E-state index contributed by atoms with van der Waals surface area (Å²) in [6.07, 6.45) is 6.20. The molecular formula is C54H44Ir3N3S7Si-3. The standard InChI is InChI=1S/C28H22NS2Si.C14H10NS3.C12H12NS2.3Ir/c1-30-28-20-26(19-27(29-28)22-17-18-31-21-22)32(23-11-5-2-6-12-23,24-13-7-3-8-14-24)25-15-9-4-10-16-25;1-16-14-8-11(13-3-2-5-18-13)7-12(15-14)10-4-6-17-9-10;1-8-9(2)15-7-10(8)11-5-4-6-12(13-11)14-3;;;/h2-20H,1H3;2-8H,1H3;4-6H,1-3H3;;;/q3*-1;;;. The third-order valence-corrected chi connectivity index (χ3v) is 20.5. The minimum absolute atomic E-state index is 0. The van der Waals surface area contributed by atoms with Crippen LogP contribution in [0.1, 0.15) is 10.4 Å². The maximum Gasteiger partial charge on any atom is 0.179 e. The molecule has 0 aliphatic rings. The Morgan fingerprint density at radius 1 is 0.456 bits per heavy atom. The molecule has 0 unspecified atom stereocenters. The number of rotatable bonds is 11. The molecule has 10 aromatic rings. The summed E-state index contributed by atoms with van der Waals surface area (Å²) in [5.41, 5.74) is 8.85. The van der Waals surface area contributed by atoms with Gasteiger partial charge in [-0.2, -0.15) is 12.1 Å². The van der Waals surface area contributed by atoms with E-state index in [0.717, 1.165) is 48.9 Å². The van der Waals surface area contributed by atoms with Crippen LogP contribution >= 0.6 is 80.6 Å². The molecule has 0 aliphatic heterocycles. The summed E-state index contributed by atoms with van der Waals surface area (Å²) in [5, 5.41) is 24.8. The van der Waals surface area contributed by atoms with Crippen molar-refractivity contribution >= 4 is 109 Å². The Hall–Kier alpha value is -2.88. The van der Waals surface area contributed by atoms with Crippen molar-refractivity contribution in [2.45, 2.75) is 28.9 Å². The molecule has 68 heavy (non-hydrogen) atoms. The van der Waals surface area contributed by atoms with Crippen molar-refractivity contribution in [2.75, 3.05) is 18.8 Å². The Morgan fingerprint density at radius 3 is 1.43 bits per heavy atom. The molecule has 0 N–H and O–H groups in total. The van der Waals surface area contributed by atoms with Crippen LogP contribution in [0.5, 0.6) is 0 Å². The molecule has 7 heterocycles. The van der Waals surface area contributed by atoms with Crippen LogP contribution in [0.25, 0.3) is 44.2 Å². The molecule has 10 rings (SSSR count). The van der Waals surface area contributed by atoms with Crippen molar-refractivity contribution in [3.05, 3.63) is 200 Å². The fraction of sp³-hybridized carbons (Fsp3) is 0.0926. The van der Waals surface area contributed by atoms with Crippen molar-refractivity contribution in [1.29, 1.82) is 0 Å². The summed E-state index contributed by atoms with van der Waals surface area (Å²) in [4.78, 5) is 16.8. The number of aromatic nitrogens is 3. The molecule has 351 valence electrons. The molecule has 7 aromatic heterocycles. The van der Waals surface area contributed by atoms with Crippen LogP contribution in [0, 0.1) is 30.0 Å². The van der Waals surface area contributed by atoms with Gasteiger partial charge in [0.1, 0.15) is 0 Å². The molecule has 0 atom stereocenters. The second-order valence-electron chi connectivity index (χ2n) is 14.6. The van der Waals surface area contributed by atoms with Gasteiger partial charge in [-0.05, 0) is 91.8 Å². The van der Waals surface area contributed by atoms with Crippen molar-refractivity contribution < 1.29 is 60.3 Å². The van der Waals surface area contributed by atoms with Crippen molar-refractivity contribution in [3.63, 3.8) is 0 Å². The van der Waals surface area contributed by atoms with E-state index in [9.17, 15) is 0 Å². The number of hydrogen-bond donors (Lipinski definition) is 0. The van der Waals surface area contributed by atoms with E-state index in [1.54, 1.807) is 80.6 Å². The minimum atomic E-state index is -2.56. The van der Waals surface area contributed by atoms with Gasteiger partial charge in [0.2, 0.25) is 0 Å². The molecule has 3 nitrogen and oxygen atoms in total. The molecule has 3 radical (unpaired) electrons. The normalized spacial score (nSPS) is 10.5. The van der Waals surface area contributed by atoms with Crippen molar-refractivity contribution in [2.24, 2.45) is 0 Å². The molecule has 0 bridgehead atoms. The van der Waals surface area contributed by atoms with E-state index in [1.165, 1.54) is 41.6 Å². The Balaban J connectivity index is 0.000000204. The molecule has 0 fully saturated rings. The second-order valence-corrected chi connectivity index (χ2v) is 24.3. The van der Waals surface area contributed by atoms with E-state index in [4.69, 9.17) is 4.98 Å². The first-order chi connectivity index (χ1) is 31.9. The van der Waals surface area contributed by atoms with E-state index in [-0.39, 0.29) is 60.3 Å². The number of nitrogens with zero attached hydrogens (tertiary/aromatic N) is 3. The summed E-state index contributed by atoms with van der Waals surface area (Å²) in [6, 6.07) is 56.4. The van der Waals surface area contributed by atoms with Gasteiger partial charge in [-0.1, -0.05) is 151 Å². The fourth-order valence-electron chi connectivity index (χ4n) is 7.47. The molecular weight excluding hydrogens is 1520 g/mol. The molecule has 0 spiro atoms. The smallest absolute Gasteiger partial charge is 0.179 e. The predicted octanol–water partition coefficient (Wildman–Crippen LogP) is 13.7. The van der Waals surface area contributed by atoms with E-state index < -0.39 is 8.07 Å². The van der Waals surface area contributed by atoms with Gasteiger partial charge in [-0.25, -0.2) is 0 Å². The van der Waals surface area contributed by atoms with Gasteiger partial charge in [0.15, 0.2) is 8.07 Å². The van der Waals surface area contributed by atoms with Crippen LogP contribution in [0.15, 0.2) is 189 Å². The van der Waals surface area contributed by atoms with E-state index in [1.807, 2.05) is 23.8 Å². The average molecular weight is 1560 g/mol. The van der Waals surface area contributed by atoms with E-state index >= 15 is 0 Å². The van der Waals surface area contributed by atoms with Crippen LogP contribution in [-0.4, -0.2) is 41.8 Å². The molecule has 0 aliphatic carbocycles. The summed E-state index contributed by atoms with van der Waals surface area (Å²) >= 11 is 11.6. The number of thiophene rings is 4. The predicted molar refractivity (Wildman–Crippen MR) is 291 cm³/mol. The van der Waals surface area contributed by atoms with Crippen LogP contribution < -0.4 is 20.7 Å². The monoisotopic (exact) mass is 1570 g/mol. The zero-order chi connectivity index (χ0) is 45.0. The summed E-state index contributed by atoms with van der Waals surface area (Å²) in [7, 11) is -2.56. The van der Waals surface area contributed by atoms with Crippen LogP contribution in [0.2, 0.25) is 0 Å². The largest absolute Gasteiger partial charge is 0.290 e. The van der Waals surface area contributed by atoms with Gasteiger partial charge >= 0.3 is 0 Å². The topological polar surface area (TPSA) is 38.7 Å². The fourth-order valence-corrected chi connectivity index (χ4v) is 16.3. The molecule has 0 amide bonds. The number of pyridine rings is 3. The Labute approximate surface area is 471 Å². The zero-order valence-corrected chi connectivity index (χ0v) is 51.3. The second kappa shape index (κ2) is 27.7. The summed E-state index contributed by atoms with van der Waals surface area (Å²) in [5.74, 6) is 0. The van der Waals surface area contributed by atoms with Gasteiger partial charge in [0.05, 0.1) is 15.1 Å². The number of benzene rings is 3. The van der Waals surface area contributed by atoms with Crippen molar-refractivity contribution in [3.8, 4) is 44.2 Å². The first kappa shape index (κ1) is 56.0. The van der Waals surface area contributed by atoms with Gasteiger partial charge in [0, 0.05) is 65.2 Å². The first-order valence-electron chi connectivity index (χ1n) is 20.6. The van der Waals surface area contributed by atoms with E-state index in [0.29, 0.717) is 0 Å². The maximum absolute atomic E-state index is 4.95. The average Bonchev–Trinajstić information content (AvgIpc) is 4.24. The van der Waals surface area contributed by atoms with Gasteiger partial charge in [-0.3, -0.25) is 49.0 Å². The SMILES string of the molecule is CSc1cc(-c2cccs2)cc(-c2[c-]scc2)n1.CSc1cc([Si](c2ccccc2)(c2ccccc2)c2ccccc2)cc(-c2[c-]scc2)n1.CSc1cccc(-c2[c-]sc(C)c2C)n1.[Ir].[Ir].[Ir]. The van der Waals surface area contributed by atoms with Gasteiger partial charge < -0.3 is 0 Å². The quantitative estimate of drug-likeness (QED) is 0.0556. The number of hydrogen-bond acceptors (Lipinski definition) is 10. The van der Waals surface area contributed by atoms with Crippen LogP contribution in [-0.2, 0) is 60.3 Å². The van der Waals surface area contributed by atoms with Crippen LogP contribution in [0.3, 0.4) is 0 Å². The maximum atomic E-state index is 4.95. The number of thioether (sulfide) groups is 3. The Bertz CT molecular complexity index is 2880. The molecule has 3 aromatic carbocycles. The zero-order valence-electron chi connectivity index (χ0n) is 37.4. The van der Waals surface area contributed by atoms with Crippen LogP contribution in [0.4, 0.5) is 0 Å². The minimum Gasteiger partial charge on any atom is -0.290 e. The third-order valence-electron chi connectivity index (χ3n) is 10.8. The van der Waals surface area contributed by atoms with Crippen molar-refractivity contribution in [1.82, 2.24) is 15.0 Å². The van der Waals surface area contributed by atoms with Gasteiger partial charge in [-0.15, -0.1) is 84.5 Å². The van der Waals surface area contributed by atoms with E-state index in [2.05, 4.69) is 209 Å². The Morgan fingerprint density at radius 2 is 0.971 bits per heavy atom. The Kier molecular flexibility index (Phi) is 22.8. The summed E-state index contributed by atoms with van der Waals surface area (Å²) < 4.78 is 0. The molecule has 0 saturated carbocycles. The summed E-state index contributed by atoms with van der Waals surface area (Å²) in [6.45, 7) is 4.25. The number of aryl methyl sites for hydroxylation is 1.